The van der Waals surface area contributed by atoms with Crippen molar-refractivity contribution in [2.45, 2.75) is 20.3 Å². The zero-order chi connectivity index (χ0) is 13.1. The molecule has 0 spiro atoms. The molecule has 0 amide bonds. The van der Waals surface area contributed by atoms with E-state index in [0.717, 1.165) is 34.5 Å². The summed E-state index contributed by atoms with van der Waals surface area (Å²) in [5.41, 5.74) is 1.93. The second-order valence-corrected chi connectivity index (χ2v) is 4.74. The summed E-state index contributed by atoms with van der Waals surface area (Å²) in [7, 11) is 1.88. The number of anilines is 1. The standard InChI is InChI=1S/C12H16BrN5/c1-4-9-10(13)12(14-5-2)17-11(16-9)8-6-15-18(3)7-8/h6-7H,4-5H2,1-3H3,(H,14,16,17). The van der Waals surface area contributed by atoms with Crippen LogP contribution >= 0.6 is 15.9 Å². The fourth-order valence-corrected chi connectivity index (χ4v) is 2.28. The van der Waals surface area contributed by atoms with Crippen LogP contribution in [0.5, 0.6) is 0 Å². The lowest BCUT2D eigenvalue weighted by molar-refractivity contribution is 0.768. The van der Waals surface area contributed by atoms with Crippen LogP contribution in [0.25, 0.3) is 11.4 Å². The first-order valence-electron chi connectivity index (χ1n) is 5.95. The third kappa shape index (κ3) is 2.53. The zero-order valence-electron chi connectivity index (χ0n) is 10.7. The number of nitrogens with one attached hydrogen (secondary N) is 1. The fourth-order valence-electron chi connectivity index (χ4n) is 1.68. The maximum atomic E-state index is 4.57. The van der Waals surface area contributed by atoms with E-state index in [-0.39, 0.29) is 0 Å². The molecule has 2 aromatic heterocycles. The van der Waals surface area contributed by atoms with Gasteiger partial charge in [-0.1, -0.05) is 6.92 Å². The fraction of sp³-hybridized carbons (Fsp3) is 0.417. The lowest BCUT2D eigenvalue weighted by Crippen LogP contribution is -2.05. The maximum absolute atomic E-state index is 4.57. The molecule has 0 saturated heterocycles. The SMILES string of the molecule is CCNc1nc(-c2cnn(C)c2)nc(CC)c1Br. The van der Waals surface area contributed by atoms with Crippen LogP contribution < -0.4 is 5.32 Å². The molecule has 5 nitrogen and oxygen atoms in total. The summed E-state index contributed by atoms with van der Waals surface area (Å²) in [5, 5.41) is 7.39. The number of aromatic nitrogens is 4. The number of nitrogens with zero attached hydrogens (tertiary/aromatic N) is 4. The van der Waals surface area contributed by atoms with Gasteiger partial charge in [0.05, 0.1) is 21.9 Å². The Bertz CT molecular complexity index is 549. The quantitative estimate of drug-likeness (QED) is 0.943. The minimum atomic E-state index is 0.708. The van der Waals surface area contributed by atoms with Crippen molar-refractivity contribution < 1.29 is 0 Å². The average molecular weight is 310 g/mol. The molecule has 0 radical (unpaired) electrons. The lowest BCUT2D eigenvalue weighted by Gasteiger charge is -2.10. The van der Waals surface area contributed by atoms with Crippen LogP contribution in [-0.2, 0) is 13.5 Å². The highest BCUT2D eigenvalue weighted by molar-refractivity contribution is 9.10. The van der Waals surface area contributed by atoms with E-state index in [9.17, 15) is 0 Å². The number of hydrogen-bond donors (Lipinski definition) is 1. The van der Waals surface area contributed by atoms with Gasteiger partial charge < -0.3 is 5.32 Å². The Morgan fingerprint density at radius 1 is 1.33 bits per heavy atom. The highest BCUT2D eigenvalue weighted by Crippen LogP contribution is 2.27. The zero-order valence-corrected chi connectivity index (χ0v) is 12.3. The molecule has 0 atom stereocenters. The van der Waals surface area contributed by atoms with E-state index in [1.807, 2.05) is 20.2 Å². The Balaban J connectivity index is 2.51. The van der Waals surface area contributed by atoms with Gasteiger partial charge in [0.1, 0.15) is 5.82 Å². The van der Waals surface area contributed by atoms with Gasteiger partial charge in [-0.25, -0.2) is 9.97 Å². The van der Waals surface area contributed by atoms with Gasteiger partial charge >= 0.3 is 0 Å². The van der Waals surface area contributed by atoms with E-state index in [0.29, 0.717) is 5.82 Å². The molecule has 0 aliphatic heterocycles. The van der Waals surface area contributed by atoms with Crippen LogP contribution in [0.1, 0.15) is 19.5 Å². The Kier molecular flexibility index (Phi) is 3.96. The smallest absolute Gasteiger partial charge is 0.165 e. The summed E-state index contributed by atoms with van der Waals surface area (Å²) >= 11 is 3.55. The molecule has 2 heterocycles. The lowest BCUT2D eigenvalue weighted by atomic mass is 10.2. The van der Waals surface area contributed by atoms with Crippen molar-refractivity contribution in [3.05, 3.63) is 22.6 Å². The molecular formula is C12H16BrN5. The molecule has 6 heteroatoms. The highest BCUT2D eigenvalue weighted by atomic mass is 79.9. The second-order valence-electron chi connectivity index (χ2n) is 3.94. The van der Waals surface area contributed by atoms with E-state index in [1.165, 1.54) is 0 Å². The van der Waals surface area contributed by atoms with E-state index in [1.54, 1.807) is 10.9 Å². The summed E-state index contributed by atoms with van der Waals surface area (Å²) < 4.78 is 2.69. The van der Waals surface area contributed by atoms with Crippen LogP contribution in [0.3, 0.4) is 0 Å². The number of aryl methyl sites for hydroxylation is 2. The van der Waals surface area contributed by atoms with Crippen molar-refractivity contribution in [3.63, 3.8) is 0 Å². The van der Waals surface area contributed by atoms with Crippen LogP contribution in [0.4, 0.5) is 5.82 Å². The molecule has 0 bridgehead atoms. The largest absolute Gasteiger partial charge is 0.369 e. The third-order valence-corrected chi connectivity index (χ3v) is 3.40. The monoisotopic (exact) mass is 309 g/mol. The Hall–Kier alpha value is -1.43. The van der Waals surface area contributed by atoms with Gasteiger partial charge in [-0.2, -0.15) is 5.10 Å². The molecule has 0 saturated carbocycles. The van der Waals surface area contributed by atoms with Gasteiger partial charge in [0.2, 0.25) is 0 Å². The topological polar surface area (TPSA) is 55.6 Å². The van der Waals surface area contributed by atoms with Gasteiger partial charge in [-0.3, -0.25) is 4.68 Å². The van der Waals surface area contributed by atoms with E-state index in [4.69, 9.17) is 0 Å². The summed E-state index contributed by atoms with van der Waals surface area (Å²) in [6.07, 6.45) is 4.55. The van der Waals surface area contributed by atoms with Crippen LogP contribution in [0.2, 0.25) is 0 Å². The van der Waals surface area contributed by atoms with E-state index >= 15 is 0 Å². The third-order valence-electron chi connectivity index (χ3n) is 2.56. The average Bonchev–Trinajstić information content (AvgIpc) is 2.79. The van der Waals surface area contributed by atoms with Crippen molar-refractivity contribution in [1.29, 1.82) is 0 Å². The van der Waals surface area contributed by atoms with Gasteiger partial charge in [0.25, 0.3) is 0 Å². The van der Waals surface area contributed by atoms with E-state index < -0.39 is 0 Å². The molecule has 96 valence electrons. The van der Waals surface area contributed by atoms with Crippen LogP contribution in [0.15, 0.2) is 16.9 Å². The minimum absolute atomic E-state index is 0.708. The van der Waals surface area contributed by atoms with E-state index in [2.05, 4.69) is 43.2 Å². The van der Waals surface area contributed by atoms with Gasteiger partial charge in [-0.05, 0) is 29.3 Å². The van der Waals surface area contributed by atoms with Crippen molar-refractivity contribution in [3.8, 4) is 11.4 Å². The molecule has 2 aromatic rings. The molecule has 18 heavy (non-hydrogen) atoms. The van der Waals surface area contributed by atoms with Gasteiger partial charge in [-0.15, -0.1) is 0 Å². The minimum Gasteiger partial charge on any atom is -0.369 e. The summed E-state index contributed by atoms with van der Waals surface area (Å²) in [4.78, 5) is 9.10. The summed E-state index contributed by atoms with van der Waals surface area (Å²) in [5.74, 6) is 1.54. The molecular weight excluding hydrogens is 294 g/mol. The molecule has 0 aliphatic rings. The van der Waals surface area contributed by atoms with Crippen molar-refractivity contribution in [2.75, 3.05) is 11.9 Å². The second kappa shape index (κ2) is 5.48. The first-order valence-corrected chi connectivity index (χ1v) is 6.74. The van der Waals surface area contributed by atoms with Crippen molar-refractivity contribution in [2.24, 2.45) is 7.05 Å². The van der Waals surface area contributed by atoms with Gasteiger partial charge in [0, 0.05) is 19.8 Å². The van der Waals surface area contributed by atoms with Gasteiger partial charge in [0.15, 0.2) is 5.82 Å². The molecule has 0 aliphatic carbocycles. The Morgan fingerprint density at radius 3 is 2.67 bits per heavy atom. The van der Waals surface area contributed by atoms with Crippen LogP contribution in [-0.4, -0.2) is 26.3 Å². The molecule has 0 fully saturated rings. The summed E-state index contributed by atoms with van der Waals surface area (Å²) in [6, 6.07) is 0. The first-order chi connectivity index (χ1) is 8.65. The molecule has 0 aromatic carbocycles. The Labute approximate surface area is 115 Å². The molecule has 0 unspecified atom stereocenters. The summed E-state index contributed by atoms with van der Waals surface area (Å²) in [6.45, 7) is 4.95. The number of halogens is 1. The van der Waals surface area contributed by atoms with Crippen molar-refractivity contribution >= 4 is 21.7 Å². The predicted molar refractivity (Wildman–Crippen MR) is 75.5 cm³/mol. The molecule has 1 N–H and O–H groups in total. The first kappa shape index (κ1) is 13.0. The number of hydrogen-bond acceptors (Lipinski definition) is 4. The van der Waals surface area contributed by atoms with Crippen LogP contribution in [0, 0.1) is 0 Å². The predicted octanol–water partition coefficient (Wildman–Crippen LogP) is 2.63. The maximum Gasteiger partial charge on any atom is 0.165 e. The molecule has 2 rings (SSSR count). The normalized spacial score (nSPS) is 10.7. The Morgan fingerprint density at radius 2 is 2.11 bits per heavy atom. The highest BCUT2D eigenvalue weighted by Gasteiger charge is 2.12. The number of rotatable bonds is 4. The van der Waals surface area contributed by atoms with Crippen molar-refractivity contribution in [1.82, 2.24) is 19.7 Å².